The van der Waals surface area contributed by atoms with E-state index in [1.807, 2.05) is 0 Å². The minimum Gasteiger partial charge on any atom is -0.394 e. The highest BCUT2D eigenvalue weighted by Gasteiger charge is 2.53. The highest BCUT2D eigenvalue weighted by atomic mass is 16.3. The van der Waals surface area contributed by atoms with Crippen molar-refractivity contribution in [3.05, 3.63) is 17.6 Å². The fourth-order valence-corrected chi connectivity index (χ4v) is 7.00. The van der Waals surface area contributed by atoms with Gasteiger partial charge in [-0.05, 0) is 68.1 Å². The minimum atomic E-state index is -0.888. The van der Waals surface area contributed by atoms with E-state index in [1.165, 1.54) is 44.9 Å². The van der Waals surface area contributed by atoms with Crippen LogP contribution in [0.4, 0.5) is 5.82 Å². The number of aliphatic hydroxyl groups excluding tert-OH is 2. The Balaban J connectivity index is 1.25. The Hall–Kier alpha value is -1.77. The first-order valence-electron chi connectivity index (χ1n) is 11.4. The molecule has 1 aromatic rings. The van der Waals surface area contributed by atoms with Crippen molar-refractivity contribution in [2.45, 2.75) is 63.6 Å². The van der Waals surface area contributed by atoms with Gasteiger partial charge in [0.05, 0.1) is 24.9 Å². The van der Waals surface area contributed by atoms with E-state index in [2.05, 4.69) is 15.3 Å². The maximum atomic E-state index is 12.3. The third kappa shape index (κ3) is 3.48. The Morgan fingerprint density at radius 1 is 1.23 bits per heavy atom. The summed E-state index contributed by atoms with van der Waals surface area (Å²) in [6.07, 6.45) is 9.41. The van der Waals surface area contributed by atoms with Crippen LogP contribution in [0.1, 0.15) is 49.8 Å². The molecule has 2 heterocycles. The predicted molar refractivity (Wildman–Crippen MR) is 111 cm³/mol. The topological polar surface area (TPSA) is 125 Å². The summed E-state index contributed by atoms with van der Waals surface area (Å²) in [5.74, 6) is 2.94. The molecule has 2 atom stereocenters. The van der Waals surface area contributed by atoms with Crippen LogP contribution in [-0.4, -0.2) is 62.8 Å². The summed E-state index contributed by atoms with van der Waals surface area (Å²) < 4.78 is 0. The van der Waals surface area contributed by atoms with Gasteiger partial charge < -0.3 is 26.2 Å². The number of hydrogen-bond acceptors (Lipinski definition) is 7. The zero-order valence-electron chi connectivity index (χ0n) is 17.5. The Bertz CT molecular complexity index is 781. The van der Waals surface area contributed by atoms with Crippen LogP contribution >= 0.6 is 0 Å². The fourth-order valence-electron chi connectivity index (χ4n) is 7.00. The number of aromatic nitrogens is 2. The molecule has 6 rings (SSSR count). The van der Waals surface area contributed by atoms with Crippen molar-refractivity contribution >= 4 is 11.7 Å². The summed E-state index contributed by atoms with van der Waals surface area (Å²) in [7, 11) is 0. The van der Waals surface area contributed by atoms with Gasteiger partial charge in [-0.15, -0.1) is 0 Å². The van der Waals surface area contributed by atoms with Crippen molar-refractivity contribution < 1.29 is 15.0 Å². The molecule has 8 nitrogen and oxygen atoms in total. The number of hydrogen-bond donors (Lipinski definition) is 4. The third-order valence-corrected chi connectivity index (χ3v) is 8.09. The molecule has 164 valence electrons. The lowest BCUT2D eigenvalue weighted by molar-refractivity contribution is -0.134. The van der Waals surface area contributed by atoms with E-state index in [9.17, 15) is 9.90 Å². The van der Waals surface area contributed by atoms with Gasteiger partial charge in [0.2, 0.25) is 5.91 Å². The number of carbonyl (C=O) groups excluding carboxylic acids is 1. The molecule has 8 heteroatoms. The quantitative estimate of drug-likeness (QED) is 0.538. The van der Waals surface area contributed by atoms with Crippen LogP contribution in [0.25, 0.3) is 0 Å². The van der Waals surface area contributed by atoms with Gasteiger partial charge in [-0.25, -0.2) is 9.97 Å². The van der Waals surface area contributed by atoms with Gasteiger partial charge in [0.25, 0.3) is 0 Å². The number of carbonyl (C=O) groups is 1. The van der Waals surface area contributed by atoms with Crippen LogP contribution < -0.4 is 11.1 Å². The molecule has 4 saturated carbocycles. The van der Waals surface area contributed by atoms with Crippen LogP contribution in [0.3, 0.4) is 0 Å². The van der Waals surface area contributed by atoms with E-state index in [0.717, 1.165) is 34.8 Å². The lowest BCUT2D eigenvalue weighted by atomic mass is 9.48. The Morgan fingerprint density at radius 2 is 1.90 bits per heavy atom. The summed E-state index contributed by atoms with van der Waals surface area (Å²) in [4.78, 5) is 22.7. The molecule has 0 saturated heterocycles. The van der Waals surface area contributed by atoms with E-state index in [-0.39, 0.29) is 24.0 Å². The standard InChI is InChI=1S/C22H33N5O3/c23-17(11-28)21(30)27-2-1-16-18(10-27)25-12-26-20(16)24-9-19(29)22-6-13-3-14(7-22)5-15(4-13)8-22/h12-15,17,19,28-29H,1-11,23H2,(H,24,25,26). The van der Waals surface area contributed by atoms with E-state index < -0.39 is 6.04 Å². The number of anilines is 1. The van der Waals surface area contributed by atoms with Crippen molar-refractivity contribution in [2.75, 3.05) is 25.0 Å². The lowest BCUT2D eigenvalue weighted by Gasteiger charge is -2.58. The Kier molecular flexibility index (Phi) is 5.19. The molecule has 5 aliphatic rings. The molecule has 4 bridgehead atoms. The number of nitrogens with one attached hydrogen (secondary N) is 1. The second-order valence-corrected chi connectivity index (χ2v) is 10.1. The SMILES string of the molecule is NC(CO)C(=O)N1CCc2c(ncnc2NCC(O)C23CC4CC(CC(C4)C2)C3)C1. The highest BCUT2D eigenvalue weighted by Crippen LogP contribution is 2.61. The molecule has 0 radical (unpaired) electrons. The number of fused-ring (bicyclic) bond motifs is 1. The molecule has 1 amide bonds. The van der Waals surface area contributed by atoms with Gasteiger partial charge in [0.1, 0.15) is 18.2 Å². The maximum Gasteiger partial charge on any atom is 0.242 e. The summed E-state index contributed by atoms with van der Waals surface area (Å²) in [5, 5.41) is 23.7. The average molecular weight is 416 g/mol. The highest BCUT2D eigenvalue weighted by molar-refractivity contribution is 5.82. The van der Waals surface area contributed by atoms with E-state index in [4.69, 9.17) is 10.8 Å². The second kappa shape index (κ2) is 7.73. The Labute approximate surface area is 177 Å². The molecule has 4 fully saturated rings. The van der Waals surface area contributed by atoms with Gasteiger partial charge in [-0.1, -0.05) is 0 Å². The van der Waals surface area contributed by atoms with E-state index in [0.29, 0.717) is 26.1 Å². The summed E-state index contributed by atoms with van der Waals surface area (Å²) in [5.41, 5.74) is 7.59. The van der Waals surface area contributed by atoms with Gasteiger partial charge in [-0.3, -0.25) is 4.79 Å². The summed E-state index contributed by atoms with van der Waals surface area (Å²) >= 11 is 0. The van der Waals surface area contributed by atoms with Crippen molar-refractivity contribution in [1.82, 2.24) is 14.9 Å². The predicted octanol–water partition coefficient (Wildman–Crippen LogP) is 0.670. The van der Waals surface area contributed by atoms with Crippen LogP contribution in [0.5, 0.6) is 0 Å². The van der Waals surface area contributed by atoms with Crippen LogP contribution in [0.2, 0.25) is 0 Å². The molecule has 4 aliphatic carbocycles. The number of amides is 1. The normalized spacial score (nSPS) is 33.8. The lowest BCUT2D eigenvalue weighted by Crippen LogP contribution is -2.53. The van der Waals surface area contributed by atoms with Gasteiger partial charge in [0.15, 0.2) is 0 Å². The molecule has 1 aromatic heterocycles. The number of rotatable bonds is 6. The molecule has 5 N–H and O–H groups in total. The number of aliphatic hydroxyl groups is 2. The van der Waals surface area contributed by atoms with Crippen molar-refractivity contribution in [1.29, 1.82) is 0 Å². The minimum absolute atomic E-state index is 0.0818. The zero-order valence-corrected chi connectivity index (χ0v) is 17.5. The zero-order chi connectivity index (χ0) is 20.9. The molecule has 2 unspecified atom stereocenters. The van der Waals surface area contributed by atoms with Crippen molar-refractivity contribution in [3.63, 3.8) is 0 Å². The van der Waals surface area contributed by atoms with Crippen LogP contribution in [-0.2, 0) is 17.8 Å². The second-order valence-electron chi connectivity index (χ2n) is 10.1. The summed E-state index contributed by atoms with van der Waals surface area (Å²) in [6, 6.07) is -0.888. The molecule has 1 aliphatic heterocycles. The first-order chi connectivity index (χ1) is 14.5. The van der Waals surface area contributed by atoms with E-state index >= 15 is 0 Å². The van der Waals surface area contributed by atoms with Gasteiger partial charge in [0, 0.05) is 18.7 Å². The first kappa shape index (κ1) is 20.2. The van der Waals surface area contributed by atoms with E-state index in [1.54, 1.807) is 4.90 Å². The van der Waals surface area contributed by atoms with Crippen LogP contribution in [0, 0.1) is 23.2 Å². The van der Waals surface area contributed by atoms with Crippen LogP contribution in [0.15, 0.2) is 6.33 Å². The molecule has 30 heavy (non-hydrogen) atoms. The fraction of sp³-hybridized carbons (Fsp3) is 0.773. The van der Waals surface area contributed by atoms with Gasteiger partial charge >= 0.3 is 0 Å². The molecular weight excluding hydrogens is 382 g/mol. The molecular formula is C22H33N5O3. The number of nitrogens with two attached hydrogens (primary N) is 1. The smallest absolute Gasteiger partial charge is 0.242 e. The van der Waals surface area contributed by atoms with Crippen molar-refractivity contribution in [3.8, 4) is 0 Å². The summed E-state index contributed by atoms with van der Waals surface area (Å²) in [6.45, 7) is 1.05. The first-order valence-corrected chi connectivity index (χ1v) is 11.4. The van der Waals surface area contributed by atoms with Gasteiger partial charge in [-0.2, -0.15) is 0 Å². The average Bonchev–Trinajstić information content (AvgIpc) is 2.75. The molecule has 0 spiro atoms. The molecule has 0 aromatic carbocycles. The maximum absolute atomic E-state index is 12.3. The largest absolute Gasteiger partial charge is 0.394 e. The Morgan fingerprint density at radius 3 is 2.53 bits per heavy atom. The van der Waals surface area contributed by atoms with Crippen molar-refractivity contribution in [2.24, 2.45) is 28.9 Å². The number of nitrogens with zero attached hydrogens (tertiary/aromatic N) is 3. The monoisotopic (exact) mass is 415 g/mol. The third-order valence-electron chi connectivity index (χ3n) is 8.09.